The molecule has 3 aromatic rings. The van der Waals surface area contributed by atoms with E-state index in [4.69, 9.17) is 16.3 Å². The Bertz CT molecular complexity index is 972. The van der Waals surface area contributed by atoms with Gasteiger partial charge in [0.1, 0.15) is 5.75 Å². The number of aromatic nitrogens is 3. The maximum atomic E-state index is 12.3. The van der Waals surface area contributed by atoms with Crippen molar-refractivity contribution in [2.75, 3.05) is 17.7 Å². The van der Waals surface area contributed by atoms with Gasteiger partial charge in [-0.2, -0.15) is 0 Å². The number of thioether (sulfide) groups is 1. The summed E-state index contributed by atoms with van der Waals surface area (Å²) >= 11 is 7.23. The lowest BCUT2D eigenvalue weighted by atomic mass is 10.2. The van der Waals surface area contributed by atoms with Crippen LogP contribution in [0.15, 0.2) is 53.7 Å². The van der Waals surface area contributed by atoms with Gasteiger partial charge in [0.15, 0.2) is 11.0 Å². The molecule has 0 aliphatic heterocycles. The predicted octanol–water partition coefficient (Wildman–Crippen LogP) is 5.38. The number of rotatable bonds is 9. The molecule has 3 rings (SSSR count). The van der Waals surface area contributed by atoms with Crippen molar-refractivity contribution in [2.45, 2.75) is 32.5 Å². The van der Waals surface area contributed by atoms with E-state index in [1.807, 2.05) is 35.8 Å². The molecule has 0 aliphatic carbocycles. The zero-order valence-corrected chi connectivity index (χ0v) is 18.8. The highest BCUT2D eigenvalue weighted by molar-refractivity contribution is 7.99. The Morgan fingerprint density at radius 3 is 2.47 bits per heavy atom. The number of halogens is 1. The zero-order valence-electron chi connectivity index (χ0n) is 17.3. The number of carbonyl (C=O) groups is 1. The lowest BCUT2D eigenvalue weighted by Crippen LogP contribution is -2.14. The van der Waals surface area contributed by atoms with Gasteiger partial charge in [0.25, 0.3) is 0 Å². The Labute approximate surface area is 186 Å². The van der Waals surface area contributed by atoms with Gasteiger partial charge in [-0.05, 0) is 61.4 Å². The first-order valence-corrected chi connectivity index (χ1v) is 11.2. The van der Waals surface area contributed by atoms with Crippen molar-refractivity contribution < 1.29 is 9.53 Å². The molecule has 8 heteroatoms. The summed E-state index contributed by atoms with van der Waals surface area (Å²) in [5.74, 6) is 2.21. The Hall–Kier alpha value is -2.51. The first kappa shape index (κ1) is 22.2. The summed E-state index contributed by atoms with van der Waals surface area (Å²) in [6.07, 6.45) is 0. The number of nitrogens with one attached hydrogen (secondary N) is 1. The average molecular weight is 445 g/mol. The van der Waals surface area contributed by atoms with Crippen molar-refractivity contribution in [3.05, 3.63) is 53.6 Å². The standard InChI is InChI=1S/C22H25ClN4O2S/c1-4-27-21(16-5-11-19(12-6-16)29-13-15(2)3)25-26-22(27)30-14-20(28)24-18-9-7-17(23)8-10-18/h5-12,15H,4,13-14H2,1-3H3,(H,24,28). The first-order chi connectivity index (χ1) is 14.5. The summed E-state index contributed by atoms with van der Waals surface area (Å²) in [6.45, 7) is 7.66. The molecule has 0 aliphatic rings. The van der Waals surface area contributed by atoms with Gasteiger partial charge in [0.2, 0.25) is 5.91 Å². The van der Waals surface area contributed by atoms with Crippen molar-refractivity contribution in [3.63, 3.8) is 0 Å². The van der Waals surface area contributed by atoms with Crippen LogP contribution in [0.4, 0.5) is 5.69 Å². The third-order valence-corrected chi connectivity index (χ3v) is 5.41. The van der Waals surface area contributed by atoms with E-state index in [-0.39, 0.29) is 11.7 Å². The summed E-state index contributed by atoms with van der Waals surface area (Å²) in [7, 11) is 0. The second-order valence-corrected chi connectivity index (χ2v) is 8.50. The highest BCUT2D eigenvalue weighted by Crippen LogP contribution is 2.26. The summed E-state index contributed by atoms with van der Waals surface area (Å²) in [4.78, 5) is 12.3. The Kier molecular flexibility index (Phi) is 7.76. The number of nitrogens with zero attached hydrogens (tertiary/aromatic N) is 3. The van der Waals surface area contributed by atoms with E-state index in [9.17, 15) is 4.79 Å². The highest BCUT2D eigenvalue weighted by atomic mass is 35.5. The van der Waals surface area contributed by atoms with E-state index in [0.29, 0.717) is 34.9 Å². The minimum absolute atomic E-state index is 0.110. The Morgan fingerprint density at radius 2 is 1.83 bits per heavy atom. The van der Waals surface area contributed by atoms with E-state index in [0.717, 1.165) is 17.1 Å². The molecule has 1 amide bonds. The molecule has 0 fully saturated rings. The lowest BCUT2D eigenvalue weighted by molar-refractivity contribution is -0.113. The topological polar surface area (TPSA) is 69.0 Å². The van der Waals surface area contributed by atoms with E-state index >= 15 is 0 Å². The fraction of sp³-hybridized carbons (Fsp3) is 0.318. The maximum absolute atomic E-state index is 12.3. The van der Waals surface area contributed by atoms with Gasteiger partial charge in [-0.25, -0.2) is 0 Å². The zero-order chi connectivity index (χ0) is 21.5. The van der Waals surface area contributed by atoms with Crippen molar-refractivity contribution in [3.8, 4) is 17.1 Å². The van der Waals surface area contributed by atoms with Crippen LogP contribution in [-0.4, -0.2) is 33.0 Å². The maximum Gasteiger partial charge on any atom is 0.234 e. The quantitative estimate of drug-likeness (QED) is 0.448. The van der Waals surface area contributed by atoms with Crippen molar-refractivity contribution in [2.24, 2.45) is 5.92 Å². The monoisotopic (exact) mass is 444 g/mol. The molecule has 30 heavy (non-hydrogen) atoms. The van der Waals surface area contributed by atoms with E-state index in [2.05, 4.69) is 29.4 Å². The summed E-state index contributed by atoms with van der Waals surface area (Å²) in [5, 5.41) is 12.8. The molecular weight excluding hydrogens is 420 g/mol. The van der Waals surface area contributed by atoms with Crippen LogP contribution < -0.4 is 10.1 Å². The predicted molar refractivity (Wildman–Crippen MR) is 122 cm³/mol. The highest BCUT2D eigenvalue weighted by Gasteiger charge is 2.15. The van der Waals surface area contributed by atoms with Gasteiger partial charge in [-0.15, -0.1) is 10.2 Å². The smallest absolute Gasteiger partial charge is 0.234 e. The molecule has 1 aromatic heterocycles. The largest absolute Gasteiger partial charge is 0.493 e. The fourth-order valence-electron chi connectivity index (χ4n) is 2.72. The number of hydrogen-bond acceptors (Lipinski definition) is 5. The first-order valence-electron chi connectivity index (χ1n) is 9.81. The second-order valence-electron chi connectivity index (χ2n) is 7.12. The van der Waals surface area contributed by atoms with E-state index in [1.54, 1.807) is 24.3 Å². The second kappa shape index (κ2) is 10.5. The summed E-state index contributed by atoms with van der Waals surface area (Å²) in [6, 6.07) is 14.9. The van der Waals surface area contributed by atoms with Gasteiger partial charge in [-0.3, -0.25) is 4.79 Å². The molecule has 0 unspecified atom stereocenters. The minimum Gasteiger partial charge on any atom is -0.493 e. The minimum atomic E-state index is -0.110. The molecular formula is C22H25ClN4O2S. The van der Waals surface area contributed by atoms with Gasteiger partial charge < -0.3 is 14.6 Å². The number of carbonyl (C=O) groups excluding carboxylic acids is 1. The molecule has 1 N–H and O–H groups in total. The van der Waals surface area contributed by atoms with E-state index < -0.39 is 0 Å². The van der Waals surface area contributed by atoms with Crippen LogP contribution in [-0.2, 0) is 11.3 Å². The van der Waals surface area contributed by atoms with E-state index in [1.165, 1.54) is 11.8 Å². The van der Waals surface area contributed by atoms with Crippen LogP contribution in [0.2, 0.25) is 5.02 Å². The molecule has 6 nitrogen and oxygen atoms in total. The van der Waals surface area contributed by atoms with Crippen molar-refractivity contribution in [1.29, 1.82) is 0 Å². The number of hydrogen-bond donors (Lipinski definition) is 1. The number of anilines is 1. The van der Waals surface area contributed by atoms with Gasteiger partial charge >= 0.3 is 0 Å². The molecule has 0 atom stereocenters. The number of amides is 1. The third kappa shape index (κ3) is 6.00. The molecule has 0 bridgehead atoms. The number of benzene rings is 2. The molecule has 0 spiro atoms. The normalized spacial score (nSPS) is 11.0. The molecule has 158 valence electrons. The third-order valence-electron chi connectivity index (χ3n) is 4.19. The average Bonchev–Trinajstić information content (AvgIpc) is 3.15. The van der Waals surface area contributed by atoms with Crippen molar-refractivity contribution >= 4 is 35.0 Å². The van der Waals surface area contributed by atoms with Gasteiger partial charge in [-0.1, -0.05) is 37.2 Å². The molecule has 0 radical (unpaired) electrons. The summed E-state index contributed by atoms with van der Waals surface area (Å²) < 4.78 is 7.75. The van der Waals surface area contributed by atoms with Gasteiger partial charge in [0, 0.05) is 22.8 Å². The SMILES string of the molecule is CCn1c(SCC(=O)Nc2ccc(Cl)cc2)nnc1-c1ccc(OCC(C)C)cc1. The Morgan fingerprint density at radius 1 is 1.13 bits per heavy atom. The van der Waals surface area contributed by atoms with Crippen LogP contribution in [0.1, 0.15) is 20.8 Å². The lowest BCUT2D eigenvalue weighted by Gasteiger charge is -2.10. The molecule has 0 saturated carbocycles. The van der Waals surface area contributed by atoms with Gasteiger partial charge in [0.05, 0.1) is 12.4 Å². The summed E-state index contributed by atoms with van der Waals surface area (Å²) in [5.41, 5.74) is 1.67. The van der Waals surface area contributed by atoms with Crippen LogP contribution in [0.3, 0.4) is 0 Å². The molecule has 0 saturated heterocycles. The molecule has 2 aromatic carbocycles. The van der Waals surface area contributed by atoms with Crippen LogP contribution in [0, 0.1) is 5.92 Å². The van der Waals surface area contributed by atoms with Crippen LogP contribution in [0.5, 0.6) is 5.75 Å². The van der Waals surface area contributed by atoms with Crippen molar-refractivity contribution in [1.82, 2.24) is 14.8 Å². The fourth-order valence-corrected chi connectivity index (χ4v) is 3.65. The number of ether oxygens (including phenoxy) is 1. The van der Waals surface area contributed by atoms with Crippen LogP contribution in [0.25, 0.3) is 11.4 Å². The Balaban J connectivity index is 1.63. The van der Waals surface area contributed by atoms with Crippen LogP contribution >= 0.6 is 23.4 Å². The molecule has 1 heterocycles.